The average Bonchev–Trinajstić information content (AvgIpc) is 1.89. The number of hydrogen-bond donors (Lipinski definition) is 3. The fourth-order valence-electron chi connectivity index (χ4n) is 0.515. The predicted molar refractivity (Wildman–Crippen MR) is 38.2 cm³/mol. The van der Waals surface area contributed by atoms with E-state index in [1.807, 2.05) is 6.92 Å². The minimum absolute atomic E-state index is 0.248. The Morgan fingerprint density at radius 2 is 2.33 bits per heavy atom. The number of hydrogen-bond acceptors (Lipinski definition) is 3. The minimum Gasteiger partial charge on any atom is -0.396 e. The lowest BCUT2D eigenvalue weighted by molar-refractivity contribution is 0.234. The molecule has 0 saturated heterocycles. The van der Waals surface area contributed by atoms with Crippen LogP contribution < -0.4 is 11.1 Å². The Morgan fingerprint density at radius 3 is 2.78 bits per heavy atom. The molecule has 0 unspecified atom stereocenters. The average molecular weight is 132 g/mol. The highest BCUT2D eigenvalue weighted by atomic mass is 16.3. The number of nitrogens with one attached hydrogen (secondary N) is 1. The van der Waals surface area contributed by atoms with E-state index in [9.17, 15) is 0 Å². The van der Waals surface area contributed by atoms with Crippen molar-refractivity contribution in [3.63, 3.8) is 0 Å². The van der Waals surface area contributed by atoms with Crippen LogP contribution in [0.5, 0.6) is 0 Å². The Hall–Kier alpha value is -0.120. The number of rotatable bonds is 5. The maximum atomic E-state index is 8.56. The second kappa shape index (κ2) is 6.01. The van der Waals surface area contributed by atoms with Crippen molar-refractivity contribution in [2.24, 2.45) is 11.7 Å². The summed E-state index contributed by atoms with van der Waals surface area (Å²) in [6.45, 7) is 4.59. The van der Waals surface area contributed by atoms with E-state index in [0.29, 0.717) is 12.5 Å². The Labute approximate surface area is 56.2 Å². The lowest BCUT2D eigenvalue weighted by Gasteiger charge is -2.07. The third-order valence-corrected chi connectivity index (χ3v) is 1.13. The van der Waals surface area contributed by atoms with Gasteiger partial charge in [0, 0.05) is 19.7 Å². The summed E-state index contributed by atoms with van der Waals surface area (Å²) < 4.78 is 0. The van der Waals surface area contributed by atoms with E-state index in [-0.39, 0.29) is 6.61 Å². The van der Waals surface area contributed by atoms with Crippen molar-refractivity contribution in [1.29, 1.82) is 0 Å². The molecule has 0 aliphatic heterocycles. The maximum Gasteiger partial charge on any atom is 0.0468 e. The SMILES string of the molecule is C[C@@H](CO)CNCCN. The van der Waals surface area contributed by atoms with E-state index in [0.717, 1.165) is 13.1 Å². The molecule has 0 aromatic heterocycles. The monoisotopic (exact) mass is 132 g/mol. The van der Waals surface area contributed by atoms with Crippen LogP contribution in [0, 0.1) is 5.92 Å². The van der Waals surface area contributed by atoms with E-state index in [2.05, 4.69) is 5.32 Å². The van der Waals surface area contributed by atoms with Crippen LogP contribution >= 0.6 is 0 Å². The molecular formula is C6H16N2O. The van der Waals surface area contributed by atoms with Gasteiger partial charge in [0.1, 0.15) is 0 Å². The second-order valence-electron chi connectivity index (χ2n) is 2.28. The Kier molecular flexibility index (Phi) is 5.93. The van der Waals surface area contributed by atoms with Crippen LogP contribution in [0.15, 0.2) is 0 Å². The zero-order valence-corrected chi connectivity index (χ0v) is 5.93. The zero-order valence-electron chi connectivity index (χ0n) is 5.93. The summed E-state index contributed by atoms with van der Waals surface area (Å²) in [5, 5.41) is 11.7. The summed E-state index contributed by atoms with van der Waals surface area (Å²) in [6.07, 6.45) is 0. The topological polar surface area (TPSA) is 58.3 Å². The summed E-state index contributed by atoms with van der Waals surface area (Å²) in [7, 11) is 0. The van der Waals surface area contributed by atoms with Crippen LogP contribution in [0.25, 0.3) is 0 Å². The quantitative estimate of drug-likeness (QED) is 0.428. The molecule has 0 saturated carbocycles. The molecule has 4 N–H and O–H groups in total. The van der Waals surface area contributed by atoms with E-state index < -0.39 is 0 Å². The third kappa shape index (κ3) is 5.76. The van der Waals surface area contributed by atoms with Crippen LogP contribution in [0.4, 0.5) is 0 Å². The molecule has 0 amide bonds. The number of aliphatic hydroxyl groups excluding tert-OH is 1. The number of nitrogens with two attached hydrogens (primary N) is 1. The van der Waals surface area contributed by atoms with Crippen LogP contribution in [0.1, 0.15) is 6.92 Å². The van der Waals surface area contributed by atoms with Gasteiger partial charge in [-0.2, -0.15) is 0 Å². The fourth-order valence-corrected chi connectivity index (χ4v) is 0.515. The first kappa shape index (κ1) is 8.88. The molecular weight excluding hydrogens is 116 g/mol. The summed E-state index contributed by atoms with van der Waals surface area (Å²) in [5.74, 6) is 0.344. The van der Waals surface area contributed by atoms with Gasteiger partial charge in [0.2, 0.25) is 0 Å². The zero-order chi connectivity index (χ0) is 7.11. The van der Waals surface area contributed by atoms with Crippen molar-refractivity contribution in [2.75, 3.05) is 26.2 Å². The van der Waals surface area contributed by atoms with Crippen molar-refractivity contribution in [3.05, 3.63) is 0 Å². The molecule has 3 nitrogen and oxygen atoms in total. The van der Waals surface area contributed by atoms with Crippen molar-refractivity contribution >= 4 is 0 Å². The highest BCUT2D eigenvalue weighted by Gasteiger charge is 1.95. The van der Waals surface area contributed by atoms with Crippen LogP contribution in [0.3, 0.4) is 0 Å². The Morgan fingerprint density at radius 1 is 1.67 bits per heavy atom. The predicted octanol–water partition coefficient (Wildman–Crippen LogP) is -0.837. The Balaban J connectivity index is 2.88. The van der Waals surface area contributed by atoms with E-state index in [1.165, 1.54) is 0 Å². The van der Waals surface area contributed by atoms with Gasteiger partial charge in [0.15, 0.2) is 0 Å². The van der Waals surface area contributed by atoms with Crippen LogP contribution in [0.2, 0.25) is 0 Å². The smallest absolute Gasteiger partial charge is 0.0468 e. The summed E-state index contributed by atoms with van der Waals surface area (Å²) in [6, 6.07) is 0. The van der Waals surface area contributed by atoms with Gasteiger partial charge in [-0.1, -0.05) is 6.92 Å². The maximum absolute atomic E-state index is 8.56. The highest BCUT2D eigenvalue weighted by molar-refractivity contribution is 4.54. The molecule has 0 rings (SSSR count). The largest absolute Gasteiger partial charge is 0.396 e. The molecule has 0 spiro atoms. The summed E-state index contributed by atoms with van der Waals surface area (Å²) in [4.78, 5) is 0. The summed E-state index contributed by atoms with van der Waals surface area (Å²) in [5.41, 5.74) is 5.23. The first-order chi connectivity index (χ1) is 4.31. The molecule has 56 valence electrons. The first-order valence-corrected chi connectivity index (χ1v) is 3.33. The molecule has 0 fully saturated rings. The van der Waals surface area contributed by atoms with Gasteiger partial charge in [-0.15, -0.1) is 0 Å². The van der Waals surface area contributed by atoms with Crippen molar-refractivity contribution in [3.8, 4) is 0 Å². The van der Waals surface area contributed by atoms with Gasteiger partial charge < -0.3 is 16.2 Å². The van der Waals surface area contributed by atoms with Gasteiger partial charge in [-0.05, 0) is 12.5 Å². The lowest BCUT2D eigenvalue weighted by atomic mass is 10.2. The first-order valence-electron chi connectivity index (χ1n) is 3.33. The molecule has 0 heterocycles. The molecule has 0 aromatic rings. The van der Waals surface area contributed by atoms with E-state index >= 15 is 0 Å². The molecule has 0 aliphatic rings. The van der Waals surface area contributed by atoms with Gasteiger partial charge in [0.05, 0.1) is 0 Å². The third-order valence-electron chi connectivity index (χ3n) is 1.13. The highest BCUT2D eigenvalue weighted by Crippen LogP contribution is 1.86. The van der Waals surface area contributed by atoms with Crippen molar-refractivity contribution < 1.29 is 5.11 Å². The van der Waals surface area contributed by atoms with E-state index in [4.69, 9.17) is 10.8 Å². The molecule has 0 aromatic carbocycles. The molecule has 3 heteroatoms. The second-order valence-corrected chi connectivity index (χ2v) is 2.28. The molecule has 1 atom stereocenters. The van der Waals surface area contributed by atoms with Crippen LogP contribution in [-0.4, -0.2) is 31.3 Å². The van der Waals surface area contributed by atoms with Gasteiger partial charge in [-0.3, -0.25) is 0 Å². The summed E-state index contributed by atoms with van der Waals surface area (Å²) >= 11 is 0. The van der Waals surface area contributed by atoms with Crippen LogP contribution in [-0.2, 0) is 0 Å². The number of aliphatic hydroxyl groups is 1. The van der Waals surface area contributed by atoms with Crippen molar-refractivity contribution in [1.82, 2.24) is 5.32 Å². The van der Waals surface area contributed by atoms with Crippen molar-refractivity contribution in [2.45, 2.75) is 6.92 Å². The molecule has 0 bridgehead atoms. The fraction of sp³-hybridized carbons (Fsp3) is 1.00. The van der Waals surface area contributed by atoms with Gasteiger partial charge in [-0.25, -0.2) is 0 Å². The lowest BCUT2D eigenvalue weighted by Crippen LogP contribution is -2.28. The van der Waals surface area contributed by atoms with E-state index in [1.54, 1.807) is 0 Å². The standard InChI is InChI=1S/C6H16N2O/c1-6(5-9)4-8-3-2-7/h6,8-9H,2-5,7H2,1H3/t6-/m1/s1. The normalized spacial score (nSPS) is 13.7. The van der Waals surface area contributed by atoms with Gasteiger partial charge >= 0.3 is 0 Å². The molecule has 0 aliphatic carbocycles. The van der Waals surface area contributed by atoms with Gasteiger partial charge in [0.25, 0.3) is 0 Å². The minimum atomic E-state index is 0.248. The Bertz CT molecular complexity index is 59.0. The molecule has 9 heavy (non-hydrogen) atoms. The molecule has 0 radical (unpaired) electrons.